The molecule has 0 aliphatic carbocycles. The largest absolute Gasteiger partial charge is 0.348 e. The summed E-state index contributed by atoms with van der Waals surface area (Å²) in [4.78, 5) is 11.8. The Hall–Kier alpha value is -2.01. The van der Waals surface area contributed by atoms with Gasteiger partial charge in [0.15, 0.2) is 5.16 Å². The van der Waals surface area contributed by atoms with E-state index in [1.54, 1.807) is 18.1 Å². The second-order valence-corrected chi connectivity index (χ2v) is 5.62. The maximum Gasteiger partial charge on any atom is 0.168 e. The average molecular weight is 284 g/mol. The van der Waals surface area contributed by atoms with Crippen molar-refractivity contribution in [2.24, 2.45) is 7.05 Å². The van der Waals surface area contributed by atoms with Gasteiger partial charge in [0.2, 0.25) is 0 Å². The number of aromatic nitrogens is 4. The fraction of sp³-hybridized carbons (Fsp3) is 0.200. The molecule has 1 aromatic carbocycles. The van der Waals surface area contributed by atoms with Gasteiger partial charge in [0.25, 0.3) is 0 Å². The topological polar surface area (TPSA) is 46.5 Å². The molecule has 0 spiro atoms. The molecule has 3 aromatic rings. The normalized spacial score (nSPS) is 10.8. The van der Waals surface area contributed by atoms with E-state index in [4.69, 9.17) is 4.98 Å². The molecule has 2 heterocycles. The molecule has 1 N–H and O–H groups in total. The first-order valence-electron chi connectivity index (χ1n) is 6.52. The van der Waals surface area contributed by atoms with Crippen LogP contribution in [0.3, 0.4) is 0 Å². The Morgan fingerprint density at radius 1 is 1.25 bits per heavy atom. The Kier molecular flexibility index (Phi) is 3.87. The lowest BCUT2D eigenvalue weighted by Gasteiger charge is -1.99. The molecule has 5 heteroatoms. The van der Waals surface area contributed by atoms with Crippen LogP contribution in [0.2, 0.25) is 0 Å². The number of H-pyrrole nitrogens is 1. The molecule has 0 fully saturated rings. The van der Waals surface area contributed by atoms with Crippen LogP contribution >= 0.6 is 11.8 Å². The fourth-order valence-corrected chi connectivity index (χ4v) is 2.93. The summed E-state index contributed by atoms with van der Waals surface area (Å²) in [7, 11) is 2.04. The number of hydrogen-bond donors (Lipinski definition) is 1. The van der Waals surface area contributed by atoms with Crippen LogP contribution < -0.4 is 0 Å². The van der Waals surface area contributed by atoms with E-state index in [9.17, 15) is 0 Å². The van der Waals surface area contributed by atoms with E-state index in [2.05, 4.69) is 32.9 Å². The SMILES string of the molecule is Cn1cc(-c2ccccc2)nc1SCCc1cnc[nH]1. The van der Waals surface area contributed by atoms with E-state index in [0.717, 1.165) is 34.3 Å². The van der Waals surface area contributed by atoms with Crippen molar-refractivity contribution in [2.75, 3.05) is 5.75 Å². The van der Waals surface area contributed by atoms with Gasteiger partial charge < -0.3 is 9.55 Å². The van der Waals surface area contributed by atoms with Crippen LogP contribution in [0.5, 0.6) is 0 Å². The summed E-state index contributed by atoms with van der Waals surface area (Å²) in [6.45, 7) is 0. The van der Waals surface area contributed by atoms with Gasteiger partial charge in [-0.1, -0.05) is 42.1 Å². The van der Waals surface area contributed by atoms with E-state index in [-0.39, 0.29) is 0 Å². The highest BCUT2D eigenvalue weighted by atomic mass is 32.2. The van der Waals surface area contributed by atoms with Gasteiger partial charge in [-0.15, -0.1) is 0 Å². The van der Waals surface area contributed by atoms with E-state index in [1.165, 1.54) is 0 Å². The molecule has 3 rings (SSSR count). The summed E-state index contributed by atoms with van der Waals surface area (Å²) >= 11 is 1.76. The Morgan fingerprint density at radius 3 is 2.85 bits per heavy atom. The molecule has 0 unspecified atom stereocenters. The molecular weight excluding hydrogens is 268 g/mol. The predicted molar refractivity (Wildman–Crippen MR) is 81.7 cm³/mol. The summed E-state index contributed by atoms with van der Waals surface area (Å²) in [5.41, 5.74) is 3.34. The van der Waals surface area contributed by atoms with Crippen LogP contribution in [0.25, 0.3) is 11.3 Å². The number of rotatable bonds is 5. The lowest BCUT2D eigenvalue weighted by atomic mass is 10.2. The van der Waals surface area contributed by atoms with Crippen molar-refractivity contribution in [3.05, 3.63) is 54.7 Å². The molecule has 0 saturated carbocycles. The second kappa shape index (κ2) is 5.96. The summed E-state index contributed by atoms with van der Waals surface area (Å²) < 4.78 is 2.08. The number of hydrogen-bond acceptors (Lipinski definition) is 3. The highest BCUT2D eigenvalue weighted by molar-refractivity contribution is 7.99. The molecule has 2 aromatic heterocycles. The smallest absolute Gasteiger partial charge is 0.168 e. The lowest BCUT2D eigenvalue weighted by Crippen LogP contribution is -1.93. The second-order valence-electron chi connectivity index (χ2n) is 4.56. The Labute approximate surface area is 122 Å². The average Bonchev–Trinajstić information content (AvgIpc) is 3.11. The first kappa shape index (κ1) is 13.0. The van der Waals surface area contributed by atoms with Gasteiger partial charge in [-0.05, 0) is 6.42 Å². The molecule has 0 radical (unpaired) electrons. The van der Waals surface area contributed by atoms with Crippen LogP contribution in [0.15, 0.2) is 54.2 Å². The lowest BCUT2D eigenvalue weighted by molar-refractivity contribution is 0.789. The van der Waals surface area contributed by atoms with Crippen molar-refractivity contribution < 1.29 is 0 Å². The van der Waals surface area contributed by atoms with Crippen LogP contribution in [-0.4, -0.2) is 25.3 Å². The Morgan fingerprint density at radius 2 is 2.10 bits per heavy atom. The summed E-state index contributed by atoms with van der Waals surface area (Å²) in [6, 6.07) is 10.3. The standard InChI is InChI=1S/C15H16N4S/c1-19-10-14(12-5-3-2-4-6-12)18-15(19)20-8-7-13-9-16-11-17-13/h2-6,9-11H,7-8H2,1H3,(H,16,17). The van der Waals surface area contributed by atoms with Gasteiger partial charge in [-0.25, -0.2) is 9.97 Å². The molecule has 0 aliphatic rings. The zero-order valence-electron chi connectivity index (χ0n) is 11.3. The third-order valence-corrected chi connectivity index (χ3v) is 4.11. The van der Waals surface area contributed by atoms with Crippen molar-refractivity contribution in [3.8, 4) is 11.3 Å². The van der Waals surface area contributed by atoms with E-state index in [1.807, 2.05) is 31.4 Å². The summed E-state index contributed by atoms with van der Waals surface area (Å²) in [5, 5.41) is 1.04. The van der Waals surface area contributed by atoms with E-state index in [0.29, 0.717) is 0 Å². The molecule has 4 nitrogen and oxygen atoms in total. The van der Waals surface area contributed by atoms with Crippen LogP contribution in [-0.2, 0) is 13.5 Å². The van der Waals surface area contributed by atoms with Gasteiger partial charge in [-0.2, -0.15) is 0 Å². The third-order valence-electron chi connectivity index (χ3n) is 3.06. The van der Waals surface area contributed by atoms with Gasteiger partial charge >= 0.3 is 0 Å². The molecule has 0 bridgehead atoms. The summed E-state index contributed by atoms with van der Waals surface area (Å²) in [5.74, 6) is 0.987. The number of nitrogens with zero attached hydrogens (tertiary/aromatic N) is 3. The van der Waals surface area contributed by atoms with Crippen molar-refractivity contribution in [2.45, 2.75) is 11.6 Å². The van der Waals surface area contributed by atoms with Gasteiger partial charge in [-0.3, -0.25) is 0 Å². The molecule has 0 amide bonds. The Bertz CT molecular complexity index is 659. The van der Waals surface area contributed by atoms with Gasteiger partial charge in [0.1, 0.15) is 0 Å². The first-order chi connectivity index (χ1) is 9.83. The minimum absolute atomic E-state index is 0.970. The molecule has 0 aliphatic heterocycles. The minimum Gasteiger partial charge on any atom is -0.348 e. The minimum atomic E-state index is 0.970. The maximum atomic E-state index is 4.70. The molecule has 20 heavy (non-hydrogen) atoms. The van der Waals surface area contributed by atoms with Crippen molar-refractivity contribution in [3.63, 3.8) is 0 Å². The van der Waals surface area contributed by atoms with Gasteiger partial charge in [0, 0.05) is 36.5 Å². The number of benzene rings is 1. The quantitative estimate of drug-likeness (QED) is 0.732. The van der Waals surface area contributed by atoms with Crippen LogP contribution in [0.4, 0.5) is 0 Å². The Balaban J connectivity index is 1.67. The van der Waals surface area contributed by atoms with Gasteiger partial charge in [0.05, 0.1) is 12.0 Å². The number of imidazole rings is 2. The van der Waals surface area contributed by atoms with Crippen molar-refractivity contribution >= 4 is 11.8 Å². The molecule has 0 atom stereocenters. The van der Waals surface area contributed by atoms with Crippen molar-refractivity contribution in [1.82, 2.24) is 19.5 Å². The number of aryl methyl sites for hydroxylation is 2. The van der Waals surface area contributed by atoms with Crippen LogP contribution in [0.1, 0.15) is 5.69 Å². The fourth-order valence-electron chi connectivity index (χ4n) is 2.01. The zero-order chi connectivity index (χ0) is 13.8. The molecule has 102 valence electrons. The third kappa shape index (κ3) is 2.93. The zero-order valence-corrected chi connectivity index (χ0v) is 12.1. The molecular formula is C15H16N4S. The first-order valence-corrected chi connectivity index (χ1v) is 7.50. The monoisotopic (exact) mass is 284 g/mol. The highest BCUT2D eigenvalue weighted by Gasteiger charge is 2.07. The maximum absolute atomic E-state index is 4.70. The highest BCUT2D eigenvalue weighted by Crippen LogP contribution is 2.23. The predicted octanol–water partition coefficient (Wildman–Crippen LogP) is 3.15. The number of aromatic amines is 1. The molecule has 0 saturated heterocycles. The number of nitrogens with one attached hydrogen (secondary N) is 1. The number of thioether (sulfide) groups is 1. The summed E-state index contributed by atoms with van der Waals surface area (Å²) in [6.07, 6.45) is 6.63. The van der Waals surface area contributed by atoms with Crippen molar-refractivity contribution in [1.29, 1.82) is 0 Å². The van der Waals surface area contributed by atoms with Crippen LogP contribution in [0, 0.1) is 0 Å². The van der Waals surface area contributed by atoms with E-state index >= 15 is 0 Å². The van der Waals surface area contributed by atoms with E-state index < -0.39 is 0 Å².